The first kappa shape index (κ1) is 96.3. The number of pyridine rings is 8. The number of terminal acetylenes is 1. The van der Waals surface area contributed by atoms with Crippen LogP contribution in [-0.4, -0.2) is 122 Å². The molecule has 0 bridgehead atoms. The zero-order valence-corrected chi connectivity index (χ0v) is 75.8. The van der Waals surface area contributed by atoms with Gasteiger partial charge < -0.3 is 36.3 Å². The van der Waals surface area contributed by atoms with Gasteiger partial charge >= 0.3 is 12.2 Å². The largest absolute Gasteiger partial charge is 0.444 e. The number of nitrogens with one attached hydrogen (secondary N) is 5. The summed E-state index contributed by atoms with van der Waals surface area (Å²) in [5.41, 5.74) is 35.9. The number of aliphatic hydroxyl groups excluding tert-OH is 1. The van der Waals surface area contributed by atoms with Crippen molar-refractivity contribution in [2.75, 3.05) is 16.4 Å². The Balaban J connectivity index is 0.000000170. The number of ether oxygens (including phenoxy) is 2. The highest BCUT2D eigenvalue weighted by Gasteiger charge is 2.22. The molecule has 15 rings (SSSR count). The van der Waals surface area contributed by atoms with Crippen molar-refractivity contribution in [3.05, 3.63) is 311 Å². The van der Waals surface area contributed by atoms with Gasteiger partial charge in [0.05, 0.1) is 66.2 Å². The molecule has 130 heavy (non-hydrogen) atoms. The number of hydrogen-bond donors (Lipinski definition) is 7. The predicted octanol–water partition coefficient (Wildman–Crippen LogP) is 17.2. The van der Waals surface area contributed by atoms with E-state index in [9.17, 15) is 28.8 Å². The van der Waals surface area contributed by atoms with Crippen LogP contribution < -0.4 is 32.3 Å². The minimum absolute atomic E-state index is 0.0524. The number of nitrogens with zero attached hydrogens (tertiary/aromatic N) is 17. The standard InChI is InChI=1S/C27H31N7O3.C22H23N7O.C16H21N3O3.C11H10N4.C11H11NO.C11H9NO/c1-16-7-8-20-11-19(12-28-22(20)9-16)14-34-15-23(32-33-34)25(35)29-13-21-17(2)10-24(30-18(21)3)31-26(36)37-27(4,5)6;1-13-4-5-17-8-16(9-24-19(17)6-13)11-29-12-20(27-28-29)22(30)25-10-18-14(2)7-21(23)26-15(18)3;1-7-14(20)17-9-12-10(2)8-13(18-11(12)3)19-15(21)22-16(4,5)6;1-8-2-3-10-5-9(7-14-15-12)6-13-11(10)4-8;2*1-8-2-3-10-5-9(7-13)6-12-11(10)4-8/h7-12,15H,13-14H2,1-6H3,(H,29,35)(H,30,31,36);4-9,12H,10-11H2,1-3H3,(H2,23,26)(H,25,30);1,8H,9H2,2-6H3,(H,17,20)(H,18,19,21);2-6H,7H2,1H3;2-6,13H,7H2,1H3;2-7H,1H3. The minimum atomic E-state index is -0.605. The molecule has 0 radical (unpaired) electrons. The number of benzene rings is 5. The van der Waals surface area contributed by atoms with Crippen LogP contribution in [0.1, 0.15) is 173 Å². The molecular weight excluding hydrogens is 1640 g/mol. The van der Waals surface area contributed by atoms with Gasteiger partial charge in [0.2, 0.25) is 0 Å². The van der Waals surface area contributed by atoms with E-state index in [0.29, 0.717) is 67.1 Å². The van der Waals surface area contributed by atoms with Crippen molar-refractivity contribution in [3.8, 4) is 12.3 Å². The van der Waals surface area contributed by atoms with Crippen LogP contribution in [0.3, 0.4) is 0 Å². The molecule has 0 aliphatic heterocycles. The Kier molecular flexibility index (Phi) is 32.9. The second kappa shape index (κ2) is 44.3. The maximum Gasteiger partial charge on any atom is 0.413 e. The molecular formula is C98H105N23O9. The highest BCUT2D eigenvalue weighted by atomic mass is 16.6. The average Bonchev–Trinajstić information content (AvgIpc) is 1.76. The van der Waals surface area contributed by atoms with E-state index in [-0.39, 0.29) is 36.4 Å². The van der Waals surface area contributed by atoms with Gasteiger partial charge in [-0.05, 0) is 291 Å². The molecule has 0 spiro atoms. The molecule has 0 aliphatic rings. The number of aliphatic hydroxyl groups is 1. The molecule has 32 heteroatoms. The summed E-state index contributed by atoms with van der Waals surface area (Å²) in [6.07, 6.45) is 16.6. The minimum Gasteiger partial charge on any atom is -0.444 e. The van der Waals surface area contributed by atoms with Crippen LogP contribution in [0.2, 0.25) is 0 Å². The third-order valence-electron chi connectivity index (χ3n) is 19.7. The van der Waals surface area contributed by atoms with Crippen LogP contribution in [0.5, 0.6) is 0 Å². The Morgan fingerprint density at radius 3 is 1.18 bits per heavy atom. The number of aromatic nitrogens is 14. The van der Waals surface area contributed by atoms with Gasteiger partial charge in [0.1, 0.15) is 28.7 Å². The van der Waals surface area contributed by atoms with Crippen molar-refractivity contribution in [1.82, 2.24) is 85.8 Å². The smallest absolute Gasteiger partial charge is 0.413 e. The summed E-state index contributed by atoms with van der Waals surface area (Å²) >= 11 is 0. The summed E-state index contributed by atoms with van der Waals surface area (Å²) in [4.78, 5) is 108. The van der Waals surface area contributed by atoms with Gasteiger partial charge in [-0.1, -0.05) is 76.2 Å². The van der Waals surface area contributed by atoms with Crippen LogP contribution in [-0.2, 0) is 60.1 Å². The number of carbonyl (C=O) groups is 6. The lowest BCUT2D eigenvalue weighted by Gasteiger charge is -2.20. The van der Waals surface area contributed by atoms with Gasteiger partial charge in [-0.3, -0.25) is 54.7 Å². The molecule has 32 nitrogen and oxygen atoms in total. The van der Waals surface area contributed by atoms with Crippen LogP contribution >= 0.6 is 0 Å². The number of nitrogens with two attached hydrogens (primary N) is 1. The molecule has 15 aromatic rings. The monoisotopic (exact) mass is 1750 g/mol. The van der Waals surface area contributed by atoms with Gasteiger partial charge in [-0.25, -0.2) is 33.9 Å². The summed E-state index contributed by atoms with van der Waals surface area (Å²) in [5, 5.41) is 47.5. The Morgan fingerprint density at radius 1 is 0.477 bits per heavy atom. The second-order valence-corrected chi connectivity index (χ2v) is 33.0. The lowest BCUT2D eigenvalue weighted by molar-refractivity contribution is -0.115. The fraction of sp³-hybridized carbons (Fsp3) is 0.265. The molecule has 5 aromatic carbocycles. The first-order valence-corrected chi connectivity index (χ1v) is 41.5. The fourth-order valence-corrected chi connectivity index (χ4v) is 13.3. The van der Waals surface area contributed by atoms with Crippen LogP contribution in [0.15, 0.2) is 188 Å². The van der Waals surface area contributed by atoms with Gasteiger partial charge in [0, 0.05) is 105 Å². The maximum atomic E-state index is 12.7. The number of azide groups is 1. The number of aryl methyl sites for hydroxylation is 11. The van der Waals surface area contributed by atoms with Crippen molar-refractivity contribution in [3.63, 3.8) is 0 Å². The van der Waals surface area contributed by atoms with E-state index < -0.39 is 29.3 Å². The highest BCUT2D eigenvalue weighted by Crippen LogP contribution is 2.25. The van der Waals surface area contributed by atoms with E-state index in [1.54, 1.807) is 107 Å². The van der Waals surface area contributed by atoms with E-state index in [0.717, 1.165) is 128 Å². The van der Waals surface area contributed by atoms with Crippen molar-refractivity contribution in [2.45, 2.75) is 175 Å². The normalized spacial score (nSPS) is 10.8. The van der Waals surface area contributed by atoms with Crippen molar-refractivity contribution >= 4 is 108 Å². The number of amides is 5. The summed E-state index contributed by atoms with van der Waals surface area (Å²) in [6, 6.07) is 45.7. The van der Waals surface area contributed by atoms with Gasteiger partial charge in [-0.2, -0.15) is 0 Å². The number of anilines is 3. The number of aldehydes is 1. The van der Waals surface area contributed by atoms with E-state index in [1.807, 2.05) is 172 Å². The van der Waals surface area contributed by atoms with E-state index in [1.165, 1.54) is 22.3 Å². The zero-order valence-electron chi connectivity index (χ0n) is 75.8. The van der Waals surface area contributed by atoms with E-state index in [4.69, 9.17) is 32.3 Å². The number of carbonyl (C=O) groups excluding carboxylic acids is 6. The van der Waals surface area contributed by atoms with Gasteiger partial charge in [-0.15, -0.1) is 16.6 Å². The predicted molar refractivity (Wildman–Crippen MR) is 503 cm³/mol. The summed E-state index contributed by atoms with van der Waals surface area (Å²) in [6.45, 7) is 34.4. The summed E-state index contributed by atoms with van der Waals surface area (Å²) < 4.78 is 13.7. The quantitative estimate of drug-likeness (QED) is 0.0138. The fourth-order valence-electron chi connectivity index (χ4n) is 13.3. The average molecular weight is 1750 g/mol. The molecule has 8 N–H and O–H groups in total. The SMILES string of the molecule is C#CC(=O)NCc1c(C)cc(NC(=O)OC(C)(C)C)nc1C.Cc1ccc2cc(C=O)cnc2c1.Cc1ccc2cc(CN=[N+]=[N-])cnc2c1.Cc1ccc2cc(CO)cnc2c1.Cc1ccc2cc(Cn3cc(C(=O)NCc4c(C)cc(N)nc4C)nn3)cnc2c1.Cc1ccc2cc(Cn3cc(C(=O)NCc4c(C)cc(NC(=O)OC(C)(C)C)nc4C)nn3)cnc2c1. The Hall–Kier alpha value is -15.9. The molecule has 10 heterocycles. The van der Waals surface area contributed by atoms with Gasteiger partial charge in [0.15, 0.2) is 17.7 Å². The molecule has 0 saturated heterocycles. The number of rotatable bonds is 18. The molecule has 0 atom stereocenters. The molecule has 5 amide bonds. The number of nitrogen functional groups attached to an aromatic ring is 1. The molecule has 0 fully saturated rings. The van der Waals surface area contributed by atoms with E-state index >= 15 is 0 Å². The van der Waals surface area contributed by atoms with Crippen molar-refractivity contribution in [1.29, 1.82) is 0 Å². The second-order valence-electron chi connectivity index (χ2n) is 33.0. The Morgan fingerprint density at radius 2 is 0.823 bits per heavy atom. The Labute approximate surface area is 752 Å². The first-order chi connectivity index (χ1) is 61.8. The molecule has 0 unspecified atom stereocenters. The van der Waals surface area contributed by atoms with Crippen molar-refractivity contribution in [2.24, 2.45) is 5.11 Å². The molecule has 666 valence electrons. The van der Waals surface area contributed by atoms with Crippen LogP contribution in [0, 0.1) is 88.5 Å². The Bertz CT molecular complexity index is 6710. The van der Waals surface area contributed by atoms with Crippen molar-refractivity contribution < 1.29 is 43.3 Å². The molecule has 0 saturated carbocycles. The van der Waals surface area contributed by atoms with Gasteiger partial charge in [0.25, 0.3) is 17.7 Å². The number of hydrogen-bond acceptors (Lipinski definition) is 23. The maximum absolute atomic E-state index is 12.7. The third-order valence-corrected chi connectivity index (χ3v) is 19.7. The summed E-state index contributed by atoms with van der Waals surface area (Å²) in [5.74, 6) is 2.15. The lowest BCUT2D eigenvalue weighted by atomic mass is 10.1. The highest BCUT2D eigenvalue weighted by molar-refractivity contribution is 5.94. The number of fused-ring (bicyclic) bond motifs is 5. The zero-order chi connectivity index (χ0) is 94.1. The third kappa shape index (κ3) is 28.8. The van der Waals surface area contributed by atoms with Crippen LogP contribution in [0.25, 0.3) is 65.0 Å². The van der Waals surface area contributed by atoms with Crippen LogP contribution in [0.4, 0.5) is 27.0 Å². The first-order valence-electron chi connectivity index (χ1n) is 41.5. The topological polar surface area (TPSA) is 441 Å². The van der Waals surface area contributed by atoms with E-state index in [2.05, 4.69) is 134 Å². The molecule has 0 aliphatic carbocycles. The lowest BCUT2D eigenvalue weighted by Crippen LogP contribution is -2.28. The summed E-state index contributed by atoms with van der Waals surface area (Å²) in [7, 11) is 0. The molecule has 10 aromatic heterocycles.